The molecule has 154 valence electrons. The van der Waals surface area contributed by atoms with Crippen molar-refractivity contribution in [1.29, 1.82) is 0 Å². The molecule has 6 atom stereocenters. The first-order valence-corrected chi connectivity index (χ1v) is 10.3. The lowest BCUT2D eigenvalue weighted by molar-refractivity contribution is -0.205. The number of hydrogen-bond acceptors (Lipinski definition) is 8. The molecule has 8 nitrogen and oxygen atoms in total. The van der Waals surface area contributed by atoms with E-state index in [-0.39, 0.29) is 18.4 Å². The average Bonchev–Trinajstić information content (AvgIpc) is 2.65. The van der Waals surface area contributed by atoms with Crippen molar-refractivity contribution >= 4 is 17.7 Å². The summed E-state index contributed by atoms with van der Waals surface area (Å²) >= 11 is 1.21. The number of hydroxylamine groups is 2. The molecule has 1 aliphatic rings. The fourth-order valence-corrected chi connectivity index (χ4v) is 4.00. The van der Waals surface area contributed by atoms with Gasteiger partial charge in [0, 0.05) is 12.5 Å². The maximum absolute atomic E-state index is 12.2. The number of ether oxygens (including phenoxy) is 1. The van der Waals surface area contributed by atoms with E-state index in [1.165, 1.54) is 11.8 Å². The average molecular weight is 396 g/mol. The fraction of sp³-hybridized carbons (Fsp3) is 0.941. The predicted octanol–water partition coefficient (Wildman–Crippen LogP) is 0.344. The van der Waals surface area contributed by atoms with Crippen LogP contribution in [0.3, 0.4) is 0 Å². The highest BCUT2D eigenvalue weighted by Gasteiger charge is 2.43. The molecular weight excluding hydrogens is 362 g/mol. The number of carbonyl (C=O) groups is 1. The van der Waals surface area contributed by atoms with Gasteiger partial charge in [0.15, 0.2) is 0 Å². The molecule has 1 aliphatic heterocycles. The second-order valence-corrected chi connectivity index (χ2v) is 7.84. The Morgan fingerprint density at radius 1 is 1.15 bits per heavy atom. The molecule has 0 bridgehead atoms. The molecule has 0 saturated carbocycles. The lowest BCUT2D eigenvalue weighted by Gasteiger charge is -2.39. The molecule has 1 amide bonds. The number of nitrogens with zero attached hydrogens (tertiary/aromatic N) is 1. The van der Waals surface area contributed by atoms with E-state index in [9.17, 15) is 25.3 Å². The maximum atomic E-state index is 12.2. The first-order chi connectivity index (χ1) is 12.4. The molecular formula is C17H33NO7S. The quantitative estimate of drug-likeness (QED) is 0.192. The summed E-state index contributed by atoms with van der Waals surface area (Å²) in [5, 5.41) is 49.3. The second kappa shape index (κ2) is 12.1. The topological polar surface area (TPSA) is 131 Å². The molecule has 0 radical (unpaired) electrons. The number of aliphatic hydroxyl groups excluding tert-OH is 4. The van der Waals surface area contributed by atoms with Gasteiger partial charge in [0.1, 0.15) is 29.9 Å². The zero-order valence-corrected chi connectivity index (χ0v) is 16.3. The van der Waals surface area contributed by atoms with Crippen molar-refractivity contribution in [3.8, 4) is 0 Å². The monoisotopic (exact) mass is 395 g/mol. The molecule has 1 rings (SSSR count). The molecule has 1 fully saturated rings. The molecule has 1 heterocycles. The lowest BCUT2D eigenvalue weighted by Crippen LogP contribution is -2.57. The zero-order chi connectivity index (χ0) is 19.7. The lowest BCUT2D eigenvalue weighted by atomic mass is 9.98. The van der Waals surface area contributed by atoms with Gasteiger partial charge in [-0.25, -0.2) is 5.06 Å². The largest absolute Gasteiger partial charge is 0.394 e. The van der Waals surface area contributed by atoms with Crippen LogP contribution in [0.15, 0.2) is 0 Å². The Morgan fingerprint density at radius 2 is 1.85 bits per heavy atom. The second-order valence-electron chi connectivity index (χ2n) is 6.63. The fourth-order valence-electron chi connectivity index (χ4n) is 2.89. The number of rotatable bonds is 11. The molecule has 9 heteroatoms. The molecule has 0 aromatic rings. The summed E-state index contributed by atoms with van der Waals surface area (Å²) in [6.45, 7) is 3.70. The van der Waals surface area contributed by atoms with E-state index in [1.807, 2.05) is 6.92 Å². The molecule has 0 aromatic carbocycles. The van der Waals surface area contributed by atoms with Crippen LogP contribution in [0, 0.1) is 5.92 Å². The summed E-state index contributed by atoms with van der Waals surface area (Å²) in [6, 6.07) is 0. The Kier molecular flexibility index (Phi) is 11.0. The van der Waals surface area contributed by atoms with Gasteiger partial charge in [-0.3, -0.25) is 10.0 Å². The normalized spacial score (nSPS) is 30.2. The van der Waals surface area contributed by atoms with E-state index < -0.39 is 36.5 Å². The van der Waals surface area contributed by atoms with Gasteiger partial charge in [0.05, 0.1) is 6.61 Å². The Morgan fingerprint density at radius 3 is 2.42 bits per heavy atom. The Bertz CT molecular complexity index is 413. The van der Waals surface area contributed by atoms with Crippen LogP contribution >= 0.6 is 11.8 Å². The number of carbonyl (C=O) groups excluding carboxylic acids is 1. The van der Waals surface area contributed by atoms with Gasteiger partial charge >= 0.3 is 0 Å². The summed E-state index contributed by atoms with van der Waals surface area (Å²) in [7, 11) is 0. The van der Waals surface area contributed by atoms with Crippen LogP contribution in [0.2, 0.25) is 0 Å². The summed E-state index contributed by atoms with van der Waals surface area (Å²) in [5.41, 5.74) is -0.790. The molecule has 1 saturated heterocycles. The zero-order valence-electron chi connectivity index (χ0n) is 15.5. The standard InChI is InChI=1S/C17H33NO7S/c1-3-5-7-11(4-2)16(23)18(24)8-6-9-26-17-15(22)14(21)13(20)12(10-19)25-17/h11-15,17,19-22,24H,3-10H2,1-2H3/t11?,12-,13-,14+,15-,17+/m1/s1. The van der Waals surface area contributed by atoms with Crippen LogP contribution in [-0.4, -0.2) is 85.4 Å². The third-order valence-electron chi connectivity index (χ3n) is 4.65. The van der Waals surface area contributed by atoms with Gasteiger partial charge in [-0.2, -0.15) is 0 Å². The van der Waals surface area contributed by atoms with Crippen molar-refractivity contribution in [2.45, 2.75) is 75.8 Å². The summed E-state index contributed by atoms with van der Waals surface area (Å²) in [6.07, 6.45) is -1.07. The van der Waals surface area contributed by atoms with E-state index in [4.69, 9.17) is 9.84 Å². The van der Waals surface area contributed by atoms with E-state index >= 15 is 0 Å². The molecule has 26 heavy (non-hydrogen) atoms. The van der Waals surface area contributed by atoms with Gasteiger partial charge in [-0.05, 0) is 25.0 Å². The minimum Gasteiger partial charge on any atom is -0.394 e. The van der Waals surface area contributed by atoms with Gasteiger partial charge in [-0.1, -0.05) is 26.7 Å². The number of aliphatic hydroxyl groups is 4. The smallest absolute Gasteiger partial charge is 0.249 e. The minimum absolute atomic E-state index is 0.168. The van der Waals surface area contributed by atoms with Crippen molar-refractivity contribution in [3.05, 3.63) is 0 Å². The highest BCUT2D eigenvalue weighted by molar-refractivity contribution is 7.99. The Balaban J connectivity index is 2.37. The van der Waals surface area contributed by atoms with Crippen LogP contribution in [-0.2, 0) is 9.53 Å². The van der Waals surface area contributed by atoms with Crippen LogP contribution in [0.5, 0.6) is 0 Å². The molecule has 5 N–H and O–H groups in total. The highest BCUT2D eigenvalue weighted by atomic mass is 32.2. The predicted molar refractivity (Wildman–Crippen MR) is 97.6 cm³/mol. The number of amides is 1. The number of thioether (sulfide) groups is 1. The maximum Gasteiger partial charge on any atom is 0.249 e. The van der Waals surface area contributed by atoms with Crippen molar-refractivity contribution in [2.24, 2.45) is 5.92 Å². The van der Waals surface area contributed by atoms with E-state index in [0.717, 1.165) is 24.3 Å². The summed E-state index contributed by atoms with van der Waals surface area (Å²) in [5.74, 6) is 0.0375. The van der Waals surface area contributed by atoms with E-state index in [1.54, 1.807) is 0 Å². The van der Waals surface area contributed by atoms with Crippen LogP contribution in [0.25, 0.3) is 0 Å². The van der Waals surface area contributed by atoms with Crippen LogP contribution in [0.4, 0.5) is 0 Å². The Hall–Kier alpha value is -0.420. The van der Waals surface area contributed by atoms with Crippen LogP contribution in [0.1, 0.15) is 46.0 Å². The molecule has 0 spiro atoms. The number of hydrogen-bond donors (Lipinski definition) is 5. The first kappa shape index (κ1) is 23.6. The third kappa shape index (κ3) is 6.63. The van der Waals surface area contributed by atoms with E-state index in [0.29, 0.717) is 18.6 Å². The van der Waals surface area contributed by atoms with Crippen molar-refractivity contribution in [2.75, 3.05) is 18.9 Å². The minimum atomic E-state index is -1.39. The van der Waals surface area contributed by atoms with Gasteiger partial charge in [0.25, 0.3) is 0 Å². The van der Waals surface area contributed by atoms with Crippen molar-refractivity contribution < 1.29 is 35.2 Å². The first-order valence-electron chi connectivity index (χ1n) is 9.29. The molecule has 0 aromatic heterocycles. The third-order valence-corrected chi connectivity index (χ3v) is 5.89. The summed E-state index contributed by atoms with van der Waals surface area (Å²) < 4.78 is 5.39. The molecule has 0 aliphatic carbocycles. The van der Waals surface area contributed by atoms with Crippen LogP contribution < -0.4 is 0 Å². The van der Waals surface area contributed by atoms with Gasteiger partial charge in [-0.15, -0.1) is 11.8 Å². The Labute approximate surface area is 159 Å². The van der Waals surface area contributed by atoms with Crippen molar-refractivity contribution in [1.82, 2.24) is 5.06 Å². The SMILES string of the molecule is CCCCC(CC)C(=O)N(O)CCCS[C@@H]1O[C@H](CO)[C@@H](O)[C@H](O)[C@H]1O. The van der Waals surface area contributed by atoms with Gasteiger partial charge in [0.2, 0.25) is 5.91 Å². The molecule has 1 unspecified atom stereocenters. The van der Waals surface area contributed by atoms with Gasteiger partial charge < -0.3 is 25.2 Å². The summed E-state index contributed by atoms with van der Waals surface area (Å²) in [4.78, 5) is 12.2. The number of unbranched alkanes of at least 4 members (excludes halogenated alkanes) is 1. The van der Waals surface area contributed by atoms with E-state index in [2.05, 4.69) is 6.92 Å². The highest BCUT2D eigenvalue weighted by Crippen LogP contribution is 2.28. The van der Waals surface area contributed by atoms with Crippen molar-refractivity contribution in [3.63, 3.8) is 0 Å².